The van der Waals surface area contributed by atoms with E-state index in [-0.39, 0.29) is 17.5 Å². The first-order chi connectivity index (χ1) is 9.27. The van der Waals surface area contributed by atoms with Crippen LogP contribution in [0.5, 0.6) is 0 Å². The number of hydrogen-bond acceptors (Lipinski definition) is 3. The number of benzene rings is 1. The molecule has 0 bridgehead atoms. The van der Waals surface area contributed by atoms with Gasteiger partial charge in [-0.1, -0.05) is 36.7 Å². The summed E-state index contributed by atoms with van der Waals surface area (Å²) in [5.74, 6) is 0.328. The Morgan fingerprint density at radius 2 is 2.10 bits per heavy atom. The van der Waals surface area contributed by atoms with Crippen molar-refractivity contribution in [3.8, 4) is 0 Å². The SMILES string of the molecule is CC1CC(OC(=O)c2ccc(Br)cc2S)CC(C)(C)C1. The molecule has 0 amide bonds. The largest absolute Gasteiger partial charge is 0.459 e. The van der Waals surface area contributed by atoms with Crippen molar-refractivity contribution in [3.05, 3.63) is 28.2 Å². The van der Waals surface area contributed by atoms with Crippen LogP contribution in [0.25, 0.3) is 0 Å². The molecule has 1 aromatic carbocycles. The van der Waals surface area contributed by atoms with Crippen LogP contribution in [0.4, 0.5) is 0 Å². The summed E-state index contributed by atoms with van der Waals surface area (Å²) in [6.07, 6.45) is 3.09. The summed E-state index contributed by atoms with van der Waals surface area (Å²) in [5.41, 5.74) is 0.777. The fourth-order valence-electron chi connectivity index (χ4n) is 3.24. The highest BCUT2D eigenvalue weighted by molar-refractivity contribution is 9.10. The molecule has 2 unspecified atom stereocenters. The molecule has 0 aromatic heterocycles. The number of halogens is 1. The molecule has 1 aromatic rings. The summed E-state index contributed by atoms with van der Waals surface area (Å²) in [5, 5.41) is 0. The predicted molar refractivity (Wildman–Crippen MR) is 87.4 cm³/mol. The van der Waals surface area contributed by atoms with Gasteiger partial charge in [0.1, 0.15) is 6.10 Å². The maximum Gasteiger partial charge on any atom is 0.339 e. The molecule has 0 saturated heterocycles. The van der Waals surface area contributed by atoms with Crippen LogP contribution in [0.3, 0.4) is 0 Å². The maximum atomic E-state index is 12.3. The van der Waals surface area contributed by atoms with Crippen molar-refractivity contribution in [2.24, 2.45) is 11.3 Å². The number of carbonyl (C=O) groups excluding carboxylic acids is 1. The molecule has 0 heterocycles. The molecule has 0 radical (unpaired) electrons. The normalized spacial score (nSPS) is 25.2. The quantitative estimate of drug-likeness (QED) is 0.588. The van der Waals surface area contributed by atoms with E-state index in [2.05, 4.69) is 49.3 Å². The lowest BCUT2D eigenvalue weighted by Crippen LogP contribution is -2.34. The van der Waals surface area contributed by atoms with Gasteiger partial charge in [0.15, 0.2) is 0 Å². The molecule has 0 aliphatic heterocycles. The topological polar surface area (TPSA) is 26.3 Å². The Morgan fingerprint density at radius 1 is 1.40 bits per heavy atom. The van der Waals surface area contributed by atoms with Gasteiger partial charge in [-0.15, -0.1) is 12.6 Å². The highest BCUT2D eigenvalue weighted by atomic mass is 79.9. The van der Waals surface area contributed by atoms with Gasteiger partial charge in [-0.25, -0.2) is 4.79 Å². The first-order valence-corrected chi connectivity index (χ1v) is 8.20. The Balaban J connectivity index is 2.07. The molecule has 0 N–H and O–H groups in total. The highest BCUT2D eigenvalue weighted by Gasteiger charge is 2.34. The molecule has 1 saturated carbocycles. The average molecular weight is 357 g/mol. The van der Waals surface area contributed by atoms with Crippen molar-refractivity contribution in [2.75, 3.05) is 0 Å². The lowest BCUT2D eigenvalue weighted by atomic mass is 9.71. The molecule has 2 rings (SSSR count). The second-order valence-electron chi connectivity index (χ2n) is 6.60. The first-order valence-electron chi connectivity index (χ1n) is 6.96. The molecular weight excluding hydrogens is 336 g/mol. The molecule has 2 nitrogen and oxygen atoms in total. The monoisotopic (exact) mass is 356 g/mol. The summed E-state index contributed by atoms with van der Waals surface area (Å²) >= 11 is 7.71. The molecule has 20 heavy (non-hydrogen) atoms. The van der Waals surface area contributed by atoms with Crippen molar-refractivity contribution in [3.63, 3.8) is 0 Å². The zero-order valence-corrected chi connectivity index (χ0v) is 14.6. The van der Waals surface area contributed by atoms with Crippen molar-refractivity contribution in [1.82, 2.24) is 0 Å². The third kappa shape index (κ3) is 4.01. The van der Waals surface area contributed by atoms with E-state index in [9.17, 15) is 4.79 Å². The summed E-state index contributed by atoms with van der Waals surface area (Å²) in [4.78, 5) is 12.9. The zero-order chi connectivity index (χ0) is 14.9. The van der Waals surface area contributed by atoms with Crippen LogP contribution in [-0.2, 0) is 4.74 Å². The Morgan fingerprint density at radius 3 is 2.70 bits per heavy atom. The summed E-state index contributed by atoms with van der Waals surface area (Å²) in [6, 6.07) is 5.41. The summed E-state index contributed by atoms with van der Waals surface area (Å²) < 4.78 is 6.61. The van der Waals surface area contributed by atoms with Gasteiger partial charge < -0.3 is 4.74 Å². The van der Waals surface area contributed by atoms with Crippen molar-refractivity contribution in [1.29, 1.82) is 0 Å². The van der Waals surface area contributed by atoms with Gasteiger partial charge in [0.05, 0.1) is 5.56 Å². The number of rotatable bonds is 2. The molecule has 1 aliphatic rings. The van der Waals surface area contributed by atoms with E-state index in [1.807, 2.05) is 12.1 Å². The lowest BCUT2D eigenvalue weighted by molar-refractivity contribution is -0.00744. The third-order valence-corrected chi connectivity index (χ3v) is 4.66. The molecule has 1 aliphatic carbocycles. The number of esters is 1. The van der Waals surface area contributed by atoms with Crippen LogP contribution in [-0.4, -0.2) is 12.1 Å². The van der Waals surface area contributed by atoms with E-state index in [1.165, 1.54) is 6.42 Å². The minimum atomic E-state index is -0.266. The third-order valence-electron chi connectivity index (χ3n) is 3.80. The molecule has 110 valence electrons. The Hall–Kier alpha value is -0.480. The smallest absolute Gasteiger partial charge is 0.339 e. The minimum absolute atomic E-state index is 0.0117. The van der Waals surface area contributed by atoms with Crippen LogP contribution in [0.2, 0.25) is 0 Å². The van der Waals surface area contributed by atoms with Crippen molar-refractivity contribution < 1.29 is 9.53 Å². The molecule has 1 fully saturated rings. The Bertz CT molecular complexity index is 513. The van der Waals surface area contributed by atoms with Crippen molar-refractivity contribution >= 4 is 34.5 Å². The van der Waals surface area contributed by atoms with E-state index < -0.39 is 0 Å². The number of thiol groups is 1. The molecule has 2 atom stereocenters. The van der Waals surface area contributed by atoms with Gasteiger partial charge in [-0.3, -0.25) is 0 Å². The number of carbonyl (C=O) groups is 1. The fourth-order valence-corrected chi connectivity index (χ4v) is 4.08. The lowest BCUT2D eigenvalue weighted by Gasteiger charge is -2.38. The van der Waals surface area contributed by atoms with Gasteiger partial charge >= 0.3 is 5.97 Å². The van der Waals surface area contributed by atoms with Crippen LogP contribution in [0.15, 0.2) is 27.6 Å². The van der Waals surface area contributed by atoms with E-state index in [0.29, 0.717) is 16.4 Å². The summed E-state index contributed by atoms with van der Waals surface area (Å²) in [7, 11) is 0. The van der Waals surface area contributed by atoms with Gasteiger partial charge in [0.2, 0.25) is 0 Å². The van der Waals surface area contributed by atoms with Crippen LogP contribution in [0.1, 0.15) is 50.4 Å². The second-order valence-corrected chi connectivity index (χ2v) is 8.00. The van der Waals surface area contributed by atoms with Gasteiger partial charge in [0, 0.05) is 9.37 Å². The average Bonchev–Trinajstić information content (AvgIpc) is 2.25. The van der Waals surface area contributed by atoms with Crippen LogP contribution in [0, 0.1) is 11.3 Å². The highest BCUT2D eigenvalue weighted by Crippen LogP contribution is 2.40. The predicted octanol–water partition coefficient (Wildman–Crippen LogP) is 5.11. The fraction of sp³-hybridized carbons (Fsp3) is 0.562. The Kier molecular flexibility index (Phi) is 4.85. The second kappa shape index (κ2) is 6.10. The van der Waals surface area contributed by atoms with Crippen LogP contribution >= 0.6 is 28.6 Å². The van der Waals surface area contributed by atoms with Crippen LogP contribution < -0.4 is 0 Å². The standard InChI is InChI=1S/C16H21BrO2S/c1-10-6-12(9-16(2,3)8-10)19-15(18)13-5-4-11(17)7-14(13)20/h4-5,7,10,12,20H,6,8-9H2,1-3H3. The van der Waals surface area contributed by atoms with E-state index in [0.717, 1.165) is 17.3 Å². The van der Waals surface area contributed by atoms with E-state index in [1.54, 1.807) is 6.07 Å². The molecule has 4 heteroatoms. The first kappa shape index (κ1) is 15.9. The number of ether oxygens (including phenoxy) is 1. The minimum Gasteiger partial charge on any atom is -0.459 e. The van der Waals surface area contributed by atoms with E-state index in [4.69, 9.17) is 4.74 Å². The van der Waals surface area contributed by atoms with Gasteiger partial charge in [-0.05, 0) is 48.8 Å². The van der Waals surface area contributed by atoms with Gasteiger partial charge in [-0.2, -0.15) is 0 Å². The zero-order valence-electron chi connectivity index (χ0n) is 12.1. The Labute approximate surface area is 134 Å². The summed E-state index contributed by atoms with van der Waals surface area (Å²) in [6.45, 7) is 6.71. The van der Waals surface area contributed by atoms with Crippen molar-refractivity contribution in [2.45, 2.75) is 51.0 Å². The molecule has 0 spiro atoms. The number of hydrogen-bond donors (Lipinski definition) is 1. The van der Waals surface area contributed by atoms with E-state index >= 15 is 0 Å². The van der Waals surface area contributed by atoms with Gasteiger partial charge in [0.25, 0.3) is 0 Å². The maximum absolute atomic E-state index is 12.3. The molecular formula is C16H21BrO2S.